The number of pyridine rings is 1. The first-order chi connectivity index (χ1) is 7.56. The van der Waals surface area contributed by atoms with Crippen LogP contribution in [-0.2, 0) is 17.2 Å². The van der Waals surface area contributed by atoms with Gasteiger partial charge in [-0.25, -0.2) is 0 Å². The molecular formula is C11H15Cl3N2O. The van der Waals surface area contributed by atoms with Crippen molar-refractivity contribution < 1.29 is 4.79 Å². The first-order valence-electron chi connectivity index (χ1n) is 5.01. The molecule has 0 spiro atoms. The molecule has 17 heavy (non-hydrogen) atoms. The molecule has 0 bridgehead atoms. The summed E-state index contributed by atoms with van der Waals surface area (Å²) in [7, 11) is 0. The van der Waals surface area contributed by atoms with Crippen molar-refractivity contribution in [3.8, 4) is 0 Å². The molecule has 0 aliphatic carbocycles. The second-order valence-electron chi connectivity index (χ2n) is 3.77. The maximum atomic E-state index is 11.4. The summed E-state index contributed by atoms with van der Waals surface area (Å²) in [4.78, 5) is 15.4. The standard InChI is InChI=1S/C11H14Cl2N2O.ClH/c1-7(2)11(16)15-5-8-4-14-6-10(13)9(8)3-12;/h4,6-7H,3,5H2,1-2H3,(H,15,16);1H. The Morgan fingerprint density at radius 3 is 2.65 bits per heavy atom. The topological polar surface area (TPSA) is 42.0 Å². The molecule has 1 rings (SSSR count). The van der Waals surface area contributed by atoms with Crippen LogP contribution in [0.2, 0.25) is 5.02 Å². The fourth-order valence-electron chi connectivity index (χ4n) is 1.19. The molecule has 1 aromatic rings. The van der Waals surface area contributed by atoms with Crippen LogP contribution in [0.25, 0.3) is 0 Å². The van der Waals surface area contributed by atoms with Gasteiger partial charge in [0.1, 0.15) is 0 Å². The van der Waals surface area contributed by atoms with E-state index >= 15 is 0 Å². The van der Waals surface area contributed by atoms with E-state index in [9.17, 15) is 4.79 Å². The number of aromatic nitrogens is 1. The summed E-state index contributed by atoms with van der Waals surface area (Å²) in [6, 6.07) is 0. The molecule has 0 atom stereocenters. The molecule has 1 N–H and O–H groups in total. The Morgan fingerprint density at radius 1 is 1.47 bits per heavy atom. The smallest absolute Gasteiger partial charge is 0.222 e. The highest BCUT2D eigenvalue weighted by Gasteiger charge is 2.10. The molecule has 0 saturated heterocycles. The average Bonchev–Trinajstić information content (AvgIpc) is 2.25. The van der Waals surface area contributed by atoms with Crippen molar-refractivity contribution in [2.45, 2.75) is 26.3 Å². The fourth-order valence-corrected chi connectivity index (χ4v) is 1.82. The molecule has 3 nitrogen and oxygen atoms in total. The van der Waals surface area contributed by atoms with Crippen molar-refractivity contribution in [3.05, 3.63) is 28.5 Å². The molecule has 0 aliphatic heterocycles. The first-order valence-corrected chi connectivity index (χ1v) is 5.92. The Kier molecular flexibility index (Phi) is 7.51. The summed E-state index contributed by atoms with van der Waals surface area (Å²) in [5.74, 6) is 0.279. The molecule has 96 valence electrons. The average molecular weight is 298 g/mol. The number of nitrogens with zero attached hydrogens (tertiary/aromatic N) is 1. The number of carbonyl (C=O) groups is 1. The van der Waals surface area contributed by atoms with Gasteiger partial charge in [-0.05, 0) is 11.1 Å². The molecule has 1 aromatic heterocycles. The van der Waals surface area contributed by atoms with Crippen molar-refractivity contribution in [1.29, 1.82) is 0 Å². The van der Waals surface area contributed by atoms with Crippen LogP contribution in [0.15, 0.2) is 12.4 Å². The van der Waals surface area contributed by atoms with Gasteiger partial charge in [0.25, 0.3) is 0 Å². The number of hydrogen-bond donors (Lipinski definition) is 1. The van der Waals surface area contributed by atoms with Crippen molar-refractivity contribution in [3.63, 3.8) is 0 Å². The van der Waals surface area contributed by atoms with Crippen molar-refractivity contribution in [2.75, 3.05) is 0 Å². The number of amides is 1. The summed E-state index contributed by atoms with van der Waals surface area (Å²) in [6.07, 6.45) is 3.22. The normalized spacial score (nSPS) is 9.94. The van der Waals surface area contributed by atoms with Crippen LogP contribution in [-0.4, -0.2) is 10.9 Å². The number of carbonyl (C=O) groups excluding carboxylic acids is 1. The van der Waals surface area contributed by atoms with Crippen LogP contribution in [0.4, 0.5) is 0 Å². The molecule has 1 heterocycles. The zero-order chi connectivity index (χ0) is 12.1. The van der Waals surface area contributed by atoms with E-state index in [-0.39, 0.29) is 24.2 Å². The van der Waals surface area contributed by atoms with E-state index in [0.29, 0.717) is 17.4 Å². The van der Waals surface area contributed by atoms with Crippen LogP contribution in [0, 0.1) is 5.92 Å². The van der Waals surface area contributed by atoms with Crippen molar-refractivity contribution in [1.82, 2.24) is 10.3 Å². The number of alkyl halides is 1. The lowest BCUT2D eigenvalue weighted by Gasteiger charge is -2.11. The minimum atomic E-state index is -0.0356. The van der Waals surface area contributed by atoms with Crippen LogP contribution in [0.5, 0.6) is 0 Å². The zero-order valence-electron chi connectivity index (χ0n) is 9.67. The van der Waals surface area contributed by atoms with Crippen LogP contribution in [0.1, 0.15) is 25.0 Å². The van der Waals surface area contributed by atoms with Crippen molar-refractivity contribution >= 4 is 41.5 Å². The molecule has 6 heteroatoms. The number of rotatable bonds is 4. The van der Waals surface area contributed by atoms with E-state index in [1.54, 1.807) is 12.4 Å². The third-order valence-electron chi connectivity index (χ3n) is 2.21. The monoisotopic (exact) mass is 296 g/mol. The van der Waals surface area contributed by atoms with E-state index in [1.165, 1.54) is 0 Å². The summed E-state index contributed by atoms with van der Waals surface area (Å²) < 4.78 is 0. The minimum Gasteiger partial charge on any atom is -0.352 e. The predicted octanol–water partition coefficient (Wildman–Crippen LogP) is 3.17. The third kappa shape index (κ3) is 4.70. The highest BCUT2D eigenvalue weighted by Crippen LogP contribution is 2.20. The Morgan fingerprint density at radius 2 is 2.12 bits per heavy atom. The lowest BCUT2D eigenvalue weighted by molar-refractivity contribution is -0.124. The Bertz CT molecular complexity index is 383. The maximum Gasteiger partial charge on any atom is 0.222 e. The molecule has 1 amide bonds. The minimum absolute atomic E-state index is 0. The highest BCUT2D eigenvalue weighted by atomic mass is 35.5. The van der Waals surface area contributed by atoms with Gasteiger partial charge in [-0.1, -0.05) is 25.4 Å². The Hall–Kier alpha value is -0.510. The fraction of sp³-hybridized carbons (Fsp3) is 0.455. The van der Waals surface area contributed by atoms with E-state index in [0.717, 1.165) is 11.1 Å². The second kappa shape index (κ2) is 7.75. The molecule has 0 radical (unpaired) electrons. The molecule has 0 fully saturated rings. The third-order valence-corrected chi connectivity index (χ3v) is 2.80. The highest BCUT2D eigenvalue weighted by molar-refractivity contribution is 6.32. The summed E-state index contributed by atoms with van der Waals surface area (Å²) >= 11 is 11.7. The van der Waals surface area contributed by atoms with Gasteiger partial charge in [-0.3, -0.25) is 9.78 Å². The summed E-state index contributed by atoms with van der Waals surface area (Å²) in [5.41, 5.74) is 1.68. The second-order valence-corrected chi connectivity index (χ2v) is 4.44. The quantitative estimate of drug-likeness (QED) is 0.867. The molecule has 0 aliphatic rings. The van der Waals surface area contributed by atoms with Gasteiger partial charge in [-0.2, -0.15) is 0 Å². The molecule has 0 aromatic carbocycles. The van der Waals surface area contributed by atoms with Gasteiger partial charge in [0.05, 0.1) is 5.02 Å². The maximum absolute atomic E-state index is 11.4. The van der Waals surface area contributed by atoms with E-state index in [2.05, 4.69) is 10.3 Å². The van der Waals surface area contributed by atoms with Gasteiger partial charge >= 0.3 is 0 Å². The zero-order valence-corrected chi connectivity index (χ0v) is 12.0. The summed E-state index contributed by atoms with van der Waals surface area (Å²) in [5, 5.41) is 3.34. The number of halogens is 3. The first kappa shape index (κ1) is 16.5. The van der Waals surface area contributed by atoms with Crippen molar-refractivity contribution in [2.24, 2.45) is 5.92 Å². The van der Waals surface area contributed by atoms with Crippen LogP contribution >= 0.6 is 35.6 Å². The van der Waals surface area contributed by atoms with E-state index in [1.807, 2.05) is 13.8 Å². The molecular weight excluding hydrogens is 282 g/mol. The Labute approximate surface area is 117 Å². The molecule has 0 saturated carbocycles. The number of hydrogen-bond acceptors (Lipinski definition) is 2. The Balaban J connectivity index is 0.00000256. The lowest BCUT2D eigenvalue weighted by atomic mass is 10.1. The van der Waals surface area contributed by atoms with Gasteiger partial charge in [0.15, 0.2) is 0 Å². The summed E-state index contributed by atoms with van der Waals surface area (Å²) in [6.45, 7) is 4.09. The van der Waals surface area contributed by atoms with Crippen LogP contribution in [0.3, 0.4) is 0 Å². The SMILES string of the molecule is CC(C)C(=O)NCc1cncc(Cl)c1CCl.Cl. The van der Waals surface area contributed by atoms with Gasteiger partial charge in [0, 0.05) is 30.7 Å². The van der Waals surface area contributed by atoms with Gasteiger partial charge < -0.3 is 5.32 Å². The predicted molar refractivity (Wildman–Crippen MR) is 72.7 cm³/mol. The molecule has 0 unspecified atom stereocenters. The van der Waals surface area contributed by atoms with E-state index in [4.69, 9.17) is 23.2 Å². The van der Waals surface area contributed by atoms with Gasteiger partial charge in [-0.15, -0.1) is 24.0 Å². The largest absolute Gasteiger partial charge is 0.352 e. The lowest BCUT2D eigenvalue weighted by Crippen LogP contribution is -2.27. The van der Waals surface area contributed by atoms with Crippen LogP contribution < -0.4 is 5.32 Å². The van der Waals surface area contributed by atoms with E-state index < -0.39 is 0 Å². The van der Waals surface area contributed by atoms with Gasteiger partial charge in [0.2, 0.25) is 5.91 Å². The number of nitrogens with one attached hydrogen (secondary N) is 1.